The van der Waals surface area contributed by atoms with Crippen LogP contribution in [0, 0.1) is 0 Å². The van der Waals surface area contributed by atoms with Crippen LogP contribution >= 0.6 is 0 Å². The summed E-state index contributed by atoms with van der Waals surface area (Å²) in [6.07, 6.45) is 87.4. The fourth-order valence-electron chi connectivity index (χ4n) is 9.58. The molecule has 0 fully saturated rings. The van der Waals surface area contributed by atoms with E-state index < -0.39 is 6.10 Å². The minimum absolute atomic E-state index is 0.0789. The van der Waals surface area contributed by atoms with Crippen LogP contribution in [0.3, 0.4) is 0 Å². The molecule has 450 valence electrons. The lowest BCUT2D eigenvalue weighted by Crippen LogP contribution is -2.30. The quantitative estimate of drug-likeness (QED) is 0.0261. The summed E-state index contributed by atoms with van der Waals surface area (Å²) in [6, 6.07) is 0. The van der Waals surface area contributed by atoms with Crippen LogP contribution < -0.4 is 0 Å². The van der Waals surface area contributed by atoms with Gasteiger partial charge in [-0.25, -0.2) is 0 Å². The van der Waals surface area contributed by atoms with Crippen molar-refractivity contribution in [1.29, 1.82) is 0 Å². The first-order valence-corrected chi connectivity index (χ1v) is 33.6. The number of rotatable bonds is 61. The highest BCUT2D eigenvalue weighted by atomic mass is 16.6. The van der Waals surface area contributed by atoms with Gasteiger partial charge in [0, 0.05) is 19.3 Å². The average molecular weight is 1090 g/mol. The Morgan fingerprint density at radius 3 is 0.808 bits per heavy atom. The van der Waals surface area contributed by atoms with Crippen LogP contribution in [0.15, 0.2) is 85.1 Å². The number of allylic oxidation sites excluding steroid dienone is 14. The maximum Gasteiger partial charge on any atom is 0.306 e. The molecule has 6 nitrogen and oxygen atoms in total. The Kier molecular flexibility index (Phi) is 63.2. The molecule has 0 N–H and O–H groups in total. The van der Waals surface area contributed by atoms with Crippen molar-refractivity contribution in [3.8, 4) is 0 Å². The molecule has 6 heteroatoms. The van der Waals surface area contributed by atoms with E-state index in [-0.39, 0.29) is 31.1 Å². The molecule has 0 aliphatic heterocycles. The highest BCUT2D eigenvalue weighted by Crippen LogP contribution is 2.17. The number of carbonyl (C=O) groups excluding carboxylic acids is 3. The van der Waals surface area contributed by atoms with Crippen LogP contribution in [0.5, 0.6) is 0 Å². The molecule has 0 bridgehead atoms. The van der Waals surface area contributed by atoms with E-state index in [1.165, 1.54) is 199 Å². The fourth-order valence-corrected chi connectivity index (χ4v) is 9.58. The third kappa shape index (κ3) is 63.4. The van der Waals surface area contributed by atoms with Gasteiger partial charge in [-0.15, -0.1) is 0 Å². The lowest BCUT2D eigenvalue weighted by atomic mass is 10.0. The molecule has 0 rings (SSSR count). The Labute approximate surface area is 484 Å². The number of hydrogen-bond acceptors (Lipinski definition) is 6. The molecule has 0 aromatic carbocycles. The molecule has 0 radical (unpaired) electrons. The third-order valence-electron chi connectivity index (χ3n) is 14.6. The van der Waals surface area contributed by atoms with E-state index in [2.05, 4.69) is 106 Å². The topological polar surface area (TPSA) is 78.9 Å². The van der Waals surface area contributed by atoms with Crippen LogP contribution in [-0.2, 0) is 28.6 Å². The molecule has 0 saturated carbocycles. The molecule has 0 aromatic heterocycles. The van der Waals surface area contributed by atoms with E-state index in [0.29, 0.717) is 19.3 Å². The van der Waals surface area contributed by atoms with Gasteiger partial charge in [0.2, 0.25) is 0 Å². The highest BCUT2D eigenvalue weighted by molar-refractivity contribution is 5.71. The summed E-state index contributed by atoms with van der Waals surface area (Å²) in [7, 11) is 0. The third-order valence-corrected chi connectivity index (χ3v) is 14.6. The summed E-state index contributed by atoms with van der Waals surface area (Å²) >= 11 is 0. The first kappa shape index (κ1) is 74.6. The predicted molar refractivity (Wildman–Crippen MR) is 339 cm³/mol. The second-order valence-corrected chi connectivity index (χ2v) is 22.3. The van der Waals surface area contributed by atoms with Crippen LogP contribution in [0.25, 0.3) is 0 Å². The van der Waals surface area contributed by atoms with Crippen molar-refractivity contribution in [2.45, 2.75) is 341 Å². The Hall–Kier alpha value is -3.41. The Balaban J connectivity index is 4.25. The number of esters is 3. The molecule has 0 heterocycles. The predicted octanol–water partition coefficient (Wildman–Crippen LogP) is 23.1. The van der Waals surface area contributed by atoms with E-state index in [0.717, 1.165) is 96.3 Å². The number of carbonyl (C=O) groups is 3. The van der Waals surface area contributed by atoms with Crippen LogP contribution in [0.2, 0.25) is 0 Å². The maximum atomic E-state index is 12.9. The number of ether oxygens (including phenoxy) is 3. The summed E-state index contributed by atoms with van der Waals surface area (Å²) in [4.78, 5) is 38.3. The molecule has 78 heavy (non-hydrogen) atoms. The lowest BCUT2D eigenvalue weighted by Gasteiger charge is -2.18. The molecule has 0 saturated heterocycles. The van der Waals surface area contributed by atoms with Gasteiger partial charge in [-0.05, 0) is 116 Å². The summed E-state index contributed by atoms with van der Waals surface area (Å²) in [5.41, 5.74) is 0. The fraction of sp³-hybridized carbons (Fsp3) is 0.764. The zero-order valence-corrected chi connectivity index (χ0v) is 51.7. The van der Waals surface area contributed by atoms with Crippen LogP contribution in [0.1, 0.15) is 335 Å². The summed E-state index contributed by atoms with van der Waals surface area (Å²) < 4.78 is 16.9. The van der Waals surface area contributed by atoms with E-state index in [1.54, 1.807) is 0 Å². The normalized spacial score (nSPS) is 12.6. The van der Waals surface area contributed by atoms with Crippen LogP contribution in [0.4, 0.5) is 0 Å². The first-order valence-electron chi connectivity index (χ1n) is 33.6. The van der Waals surface area contributed by atoms with E-state index in [4.69, 9.17) is 14.2 Å². The van der Waals surface area contributed by atoms with Crippen molar-refractivity contribution >= 4 is 17.9 Å². The maximum absolute atomic E-state index is 12.9. The van der Waals surface area contributed by atoms with Gasteiger partial charge >= 0.3 is 17.9 Å². The molecule has 0 aromatic rings. The zero-order chi connectivity index (χ0) is 56.4. The van der Waals surface area contributed by atoms with E-state index >= 15 is 0 Å². The Morgan fingerprint density at radius 2 is 0.500 bits per heavy atom. The van der Waals surface area contributed by atoms with Crippen molar-refractivity contribution in [3.05, 3.63) is 85.1 Å². The minimum Gasteiger partial charge on any atom is -0.462 e. The number of hydrogen-bond donors (Lipinski definition) is 0. The molecule has 0 aliphatic carbocycles. The number of unbranched alkanes of at least 4 members (excludes halogenated alkanes) is 36. The van der Waals surface area contributed by atoms with Crippen LogP contribution in [-0.4, -0.2) is 37.2 Å². The standard InChI is InChI=1S/C72H126O6/c1-4-7-10-13-16-19-22-25-27-29-31-32-33-34-35-36-37-38-39-40-41-43-44-47-50-53-56-59-62-65-71(74)77-68-69(67-76-70(73)64-61-58-55-52-49-46-24-21-18-15-12-9-6-3)78-72(75)66-63-60-57-54-51-48-45-42-30-28-26-23-20-17-14-11-8-5-2/h7,10,16,19,21,24-25,27-28,30-32,34-35,69H,4-6,8-9,11-15,17-18,20,22-23,26,29,33,36-68H2,1-3H3/b10-7-,19-16-,24-21-,27-25-,30-28-,32-31-,35-34-. The second kappa shape index (κ2) is 66.1. The monoisotopic (exact) mass is 1090 g/mol. The molecule has 0 aliphatic rings. The van der Waals surface area contributed by atoms with Gasteiger partial charge in [-0.1, -0.05) is 286 Å². The Morgan fingerprint density at radius 1 is 0.269 bits per heavy atom. The molecular formula is C72H126O6. The summed E-state index contributed by atoms with van der Waals surface area (Å²) in [5, 5.41) is 0. The van der Waals surface area contributed by atoms with Gasteiger partial charge in [0.05, 0.1) is 0 Å². The average Bonchev–Trinajstić information content (AvgIpc) is 3.44. The van der Waals surface area contributed by atoms with E-state index in [9.17, 15) is 14.4 Å². The Bertz CT molecular complexity index is 1480. The molecule has 1 unspecified atom stereocenters. The van der Waals surface area contributed by atoms with E-state index in [1.807, 2.05) is 0 Å². The lowest BCUT2D eigenvalue weighted by molar-refractivity contribution is -0.167. The smallest absolute Gasteiger partial charge is 0.306 e. The van der Waals surface area contributed by atoms with Gasteiger partial charge in [-0.2, -0.15) is 0 Å². The van der Waals surface area contributed by atoms with Crippen molar-refractivity contribution in [2.24, 2.45) is 0 Å². The summed E-state index contributed by atoms with van der Waals surface area (Å²) in [5.74, 6) is -0.878. The van der Waals surface area contributed by atoms with Gasteiger partial charge < -0.3 is 14.2 Å². The van der Waals surface area contributed by atoms with Gasteiger partial charge in [0.1, 0.15) is 13.2 Å². The van der Waals surface area contributed by atoms with Crippen molar-refractivity contribution < 1.29 is 28.6 Å². The largest absolute Gasteiger partial charge is 0.462 e. The van der Waals surface area contributed by atoms with Gasteiger partial charge in [0.25, 0.3) is 0 Å². The highest BCUT2D eigenvalue weighted by Gasteiger charge is 2.19. The molecule has 0 amide bonds. The SMILES string of the molecule is CC/C=C\C/C=C\C/C=C\C/C=C\C/C=C\CCCCCCCCCCCCCCCC(=O)OCC(COC(=O)CCCCCCC/C=C\CCCCCC)OC(=O)CCCCCCCCC/C=C\CCCCCCCCC. The van der Waals surface area contributed by atoms with Gasteiger partial charge in [-0.3, -0.25) is 14.4 Å². The molecule has 0 spiro atoms. The second-order valence-electron chi connectivity index (χ2n) is 22.3. The van der Waals surface area contributed by atoms with Crippen molar-refractivity contribution in [1.82, 2.24) is 0 Å². The first-order chi connectivity index (χ1) is 38.5. The molecular weight excluding hydrogens is 961 g/mol. The van der Waals surface area contributed by atoms with Crippen molar-refractivity contribution in [2.75, 3.05) is 13.2 Å². The van der Waals surface area contributed by atoms with Crippen molar-refractivity contribution in [3.63, 3.8) is 0 Å². The molecule has 1 atom stereocenters. The zero-order valence-electron chi connectivity index (χ0n) is 51.7. The minimum atomic E-state index is -0.782. The summed E-state index contributed by atoms with van der Waals surface area (Å²) in [6.45, 7) is 6.53. The van der Waals surface area contributed by atoms with Gasteiger partial charge in [0.15, 0.2) is 6.10 Å².